The SMILES string of the molecule is C=C1NCSC1Cc1ccc(CC)cc1. The van der Waals surface area contributed by atoms with Gasteiger partial charge in [-0.1, -0.05) is 37.8 Å². The molecular formula is C13H17NS. The summed E-state index contributed by atoms with van der Waals surface area (Å²) < 4.78 is 0. The van der Waals surface area contributed by atoms with Gasteiger partial charge in [-0.3, -0.25) is 0 Å². The van der Waals surface area contributed by atoms with Crippen molar-refractivity contribution in [1.29, 1.82) is 0 Å². The van der Waals surface area contributed by atoms with Gasteiger partial charge in [0, 0.05) is 10.9 Å². The number of hydrogen-bond acceptors (Lipinski definition) is 2. The smallest absolute Gasteiger partial charge is 0.0614 e. The minimum absolute atomic E-state index is 0.553. The molecule has 1 unspecified atom stereocenters. The molecule has 0 aliphatic carbocycles. The van der Waals surface area contributed by atoms with Gasteiger partial charge in [0.25, 0.3) is 0 Å². The standard InChI is InChI=1S/C13H17NS/c1-3-11-4-6-12(7-5-11)8-13-10(2)14-9-15-13/h4-7,13-14H,2-3,8-9H2,1H3. The summed E-state index contributed by atoms with van der Waals surface area (Å²) in [5.74, 6) is 1.01. The maximum atomic E-state index is 4.03. The molecule has 15 heavy (non-hydrogen) atoms. The second-order valence-corrected chi connectivity index (χ2v) is 5.07. The summed E-state index contributed by atoms with van der Waals surface area (Å²) in [6.07, 6.45) is 2.22. The molecule has 0 aromatic heterocycles. The van der Waals surface area contributed by atoms with Crippen LogP contribution < -0.4 is 5.32 Å². The zero-order valence-electron chi connectivity index (χ0n) is 9.12. The third-order valence-electron chi connectivity index (χ3n) is 2.82. The van der Waals surface area contributed by atoms with E-state index >= 15 is 0 Å². The third-order valence-corrected chi connectivity index (χ3v) is 3.99. The molecule has 1 aliphatic rings. The Morgan fingerprint density at radius 2 is 2.00 bits per heavy atom. The minimum Gasteiger partial charge on any atom is -0.379 e. The fourth-order valence-electron chi connectivity index (χ4n) is 1.76. The van der Waals surface area contributed by atoms with Crippen LogP contribution in [-0.4, -0.2) is 11.1 Å². The van der Waals surface area contributed by atoms with Crippen LogP contribution >= 0.6 is 11.8 Å². The lowest BCUT2D eigenvalue weighted by atomic mass is 10.1. The lowest BCUT2D eigenvalue weighted by molar-refractivity contribution is 0.888. The summed E-state index contributed by atoms with van der Waals surface area (Å²) >= 11 is 1.94. The molecule has 1 atom stereocenters. The zero-order chi connectivity index (χ0) is 10.7. The number of nitrogens with one attached hydrogen (secondary N) is 1. The molecule has 1 saturated heterocycles. The van der Waals surface area contributed by atoms with Gasteiger partial charge in [-0.2, -0.15) is 0 Å². The first kappa shape index (κ1) is 10.6. The number of aryl methyl sites for hydroxylation is 1. The first-order valence-corrected chi connectivity index (χ1v) is 6.46. The highest BCUT2D eigenvalue weighted by Crippen LogP contribution is 2.26. The van der Waals surface area contributed by atoms with E-state index in [0.717, 1.165) is 18.7 Å². The predicted molar refractivity (Wildman–Crippen MR) is 68.0 cm³/mol. The van der Waals surface area contributed by atoms with Crippen LogP contribution in [0.5, 0.6) is 0 Å². The molecule has 1 nitrogen and oxygen atoms in total. The molecule has 0 saturated carbocycles. The number of thioether (sulfide) groups is 1. The van der Waals surface area contributed by atoms with Crippen molar-refractivity contribution in [3.63, 3.8) is 0 Å². The molecule has 0 amide bonds. The van der Waals surface area contributed by atoms with E-state index in [1.54, 1.807) is 0 Å². The van der Waals surface area contributed by atoms with Gasteiger partial charge in [0.2, 0.25) is 0 Å². The van der Waals surface area contributed by atoms with Crippen molar-refractivity contribution in [2.24, 2.45) is 0 Å². The van der Waals surface area contributed by atoms with Crippen molar-refractivity contribution in [2.75, 3.05) is 5.88 Å². The molecule has 1 heterocycles. The van der Waals surface area contributed by atoms with Crippen molar-refractivity contribution in [3.05, 3.63) is 47.7 Å². The number of rotatable bonds is 3. The lowest BCUT2D eigenvalue weighted by Crippen LogP contribution is -2.11. The van der Waals surface area contributed by atoms with Crippen LogP contribution in [0.3, 0.4) is 0 Å². The molecule has 1 fully saturated rings. The Morgan fingerprint density at radius 3 is 2.53 bits per heavy atom. The van der Waals surface area contributed by atoms with Crippen LogP contribution in [0, 0.1) is 0 Å². The maximum Gasteiger partial charge on any atom is 0.0614 e. The Morgan fingerprint density at radius 1 is 1.33 bits per heavy atom. The van der Waals surface area contributed by atoms with E-state index in [2.05, 4.69) is 43.1 Å². The fraction of sp³-hybridized carbons (Fsp3) is 0.385. The highest BCUT2D eigenvalue weighted by Gasteiger charge is 2.19. The van der Waals surface area contributed by atoms with Crippen LogP contribution in [0.25, 0.3) is 0 Å². The molecular weight excluding hydrogens is 202 g/mol. The van der Waals surface area contributed by atoms with Crippen molar-refractivity contribution in [2.45, 2.75) is 25.0 Å². The first-order valence-electron chi connectivity index (χ1n) is 5.41. The number of hydrogen-bond donors (Lipinski definition) is 1. The molecule has 0 bridgehead atoms. The van der Waals surface area contributed by atoms with Gasteiger partial charge in [0.05, 0.1) is 5.88 Å². The molecule has 1 aliphatic heterocycles. The third kappa shape index (κ3) is 2.57. The molecule has 80 valence electrons. The molecule has 0 spiro atoms. The van der Waals surface area contributed by atoms with E-state index in [9.17, 15) is 0 Å². The maximum absolute atomic E-state index is 4.03. The first-order chi connectivity index (χ1) is 7.29. The van der Waals surface area contributed by atoms with E-state index in [4.69, 9.17) is 0 Å². The normalized spacial score (nSPS) is 20.3. The van der Waals surface area contributed by atoms with E-state index in [1.807, 2.05) is 11.8 Å². The summed E-state index contributed by atoms with van der Waals surface area (Å²) in [4.78, 5) is 0. The highest BCUT2D eigenvalue weighted by molar-refractivity contribution is 8.00. The summed E-state index contributed by atoms with van der Waals surface area (Å²) in [7, 11) is 0. The summed E-state index contributed by atoms with van der Waals surface area (Å²) in [5.41, 5.74) is 4.00. The average molecular weight is 219 g/mol. The second-order valence-electron chi connectivity index (χ2n) is 3.88. The molecule has 1 aromatic rings. The quantitative estimate of drug-likeness (QED) is 0.839. The molecule has 1 N–H and O–H groups in total. The van der Waals surface area contributed by atoms with E-state index in [0.29, 0.717) is 5.25 Å². The molecule has 2 heteroatoms. The van der Waals surface area contributed by atoms with Gasteiger partial charge in [-0.25, -0.2) is 0 Å². The van der Waals surface area contributed by atoms with E-state index < -0.39 is 0 Å². The lowest BCUT2D eigenvalue weighted by Gasteiger charge is -2.09. The van der Waals surface area contributed by atoms with Crippen molar-refractivity contribution >= 4 is 11.8 Å². The van der Waals surface area contributed by atoms with Gasteiger partial charge in [-0.15, -0.1) is 11.8 Å². The van der Waals surface area contributed by atoms with Crippen molar-refractivity contribution in [3.8, 4) is 0 Å². The Hall–Kier alpha value is -0.890. The topological polar surface area (TPSA) is 12.0 Å². The van der Waals surface area contributed by atoms with E-state index in [-0.39, 0.29) is 0 Å². The highest BCUT2D eigenvalue weighted by atomic mass is 32.2. The summed E-state index contributed by atoms with van der Waals surface area (Å²) in [6.45, 7) is 6.22. The Kier molecular flexibility index (Phi) is 3.37. The Balaban J connectivity index is 2.01. The van der Waals surface area contributed by atoms with Gasteiger partial charge < -0.3 is 5.32 Å². The van der Waals surface area contributed by atoms with Gasteiger partial charge >= 0.3 is 0 Å². The summed E-state index contributed by atoms with van der Waals surface area (Å²) in [6, 6.07) is 8.94. The van der Waals surface area contributed by atoms with Gasteiger partial charge in [0.15, 0.2) is 0 Å². The predicted octanol–water partition coefficient (Wildman–Crippen LogP) is 2.97. The van der Waals surface area contributed by atoms with Gasteiger partial charge in [-0.05, 0) is 24.0 Å². The van der Waals surface area contributed by atoms with Crippen LogP contribution in [0.15, 0.2) is 36.5 Å². The second kappa shape index (κ2) is 4.75. The van der Waals surface area contributed by atoms with Gasteiger partial charge in [0.1, 0.15) is 0 Å². The van der Waals surface area contributed by atoms with Crippen LogP contribution in [-0.2, 0) is 12.8 Å². The Labute approximate surface area is 96.0 Å². The Bertz CT molecular complexity index is 342. The zero-order valence-corrected chi connectivity index (χ0v) is 9.94. The average Bonchev–Trinajstić information content (AvgIpc) is 2.66. The summed E-state index contributed by atoms with van der Waals surface area (Å²) in [5, 5.41) is 3.83. The van der Waals surface area contributed by atoms with Crippen molar-refractivity contribution < 1.29 is 0 Å². The van der Waals surface area contributed by atoms with Crippen LogP contribution in [0.4, 0.5) is 0 Å². The monoisotopic (exact) mass is 219 g/mol. The number of benzene rings is 1. The molecule has 0 radical (unpaired) electrons. The molecule has 2 rings (SSSR count). The van der Waals surface area contributed by atoms with Crippen LogP contribution in [0.1, 0.15) is 18.1 Å². The fourth-order valence-corrected chi connectivity index (χ4v) is 2.82. The largest absolute Gasteiger partial charge is 0.379 e. The van der Waals surface area contributed by atoms with Crippen LogP contribution in [0.2, 0.25) is 0 Å². The van der Waals surface area contributed by atoms with Crippen molar-refractivity contribution in [1.82, 2.24) is 5.32 Å². The molecule has 1 aromatic carbocycles. The van der Waals surface area contributed by atoms with E-state index in [1.165, 1.54) is 16.8 Å². The minimum atomic E-state index is 0.553.